The van der Waals surface area contributed by atoms with Crippen LogP contribution < -0.4 is 25.3 Å². The van der Waals surface area contributed by atoms with Gasteiger partial charge in [0.25, 0.3) is 5.91 Å². The minimum atomic E-state index is -0.284. The Morgan fingerprint density at radius 3 is 2.73 bits per heavy atom. The van der Waals surface area contributed by atoms with E-state index in [2.05, 4.69) is 5.32 Å². The molecule has 0 saturated heterocycles. The highest BCUT2D eigenvalue weighted by Crippen LogP contribution is 2.38. The van der Waals surface area contributed by atoms with E-state index >= 15 is 0 Å². The molecule has 1 amide bonds. The Labute approximate surface area is 157 Å². The van der Waals surface area contributed by atoms with Gasteiger partial charge >= 0.3 is 0 Å². The summed E-state index contributed by atoms with van der Waals surface area (Å²) < 4.78 is 21.1. The molecule has 0 atom stereocenters. The van der Waals surface area contributed by atoms with E-state index in [4.69, 9.17) is 24.7 Å². The van der Waals surface area contributed by atoms with Crippen LogP contribution in [0.4, 0.5) is 11.4 Å². The number of carbonyl (C=O) groups is 1. The van der Waals surface area contributed by atoms with Gasteiger partial charge < -0.3 is 30.0 Å². The fourth-order valence-corrected chi connectivity index (χ4v) is 2.38. The topological polar surface area (TPSA) is 92.0 Å². The van der Waals surface area contributed by atoms with Crippen LogP contribution in [0.1, 0.15) is 16.8 Å². The zero-order valence-electron chi connectivity index (χ0n) is 14.3. The van der Waals surface area contributed by atoms with Crippen LogP contribution in [0.3, 0.4) is 0 Å². The summed E-state index contributed by atoms with van der Waals surface area (Å²) in [7, 11) is 1.65. The van der Waals surface area contributed by atoms with Gasteiger partial charge in [0.15, 0.2) is 11.5 Å². The molecule has 0 aliphatic carbocycles. The number of anilines is 2. The molecule has 3 N–H and O–H groups in total. The van der Waals surface area contributed by atoms with Gasteiger partial charge in [-0.3, -0.25) is 4.79 Å². The number of ether oxygens (including phenoxy) is 4. The molecular formula is C18H21ClN2O5. The first-order valence-corrected chi connectivity index (χ1v) is 7.89. The maximum absolute atomic E-state index is 12.5. The highest BCUT2D eigenvalue weighted by atomic mass is 35.5. The van der Waals surface area contributed by atoms with Crippen molar-refractivity contribution in [2.75, 3.05) is 38.2 Å². The fourth-order valence-electron chi connectivity index (χ4n) is 2.38. The molecule has 0 unspecified atom stereocenters. The molecule has 0 aromatic heterocycles. The third-order valence-electron chi connectivity index (χ3n) is 3.65. The lowest BCUT2D eigenvalue weighted by Gasteiger charge is -2.11. The van der Waals surface area contributed by atoms with Crippen LogP contribution in [0.25, 0.3) is 0 Å². The summed E-state index contributed by atoms with van der Waals surface area (Å²) in [5, 5.41) is 2.78. The minimum absolute atomic E-state index is 0. The zero-order valence-corrected chi connectivity index (χ0v) is 15.1. The molecule has 140 valence electrons. The van der Waals surface area contributed by atoms with Crippen molar-refractivity contribution in [1.82, 2.24) is 0 Å². The molecule has 1 aliphatic rings. The van der Waals surface area contributed by atoms with Crippen LogP contribution in [0, 0.1) is 0 Å². The van der Waals surface area contributed by atoms with Crippen molar-refractivity contribution in [2.45, 2.75) is 6.42 Å². The van der Waals surface area contributed by atoms with Gasteiger partial charge in [0, 0.05) is 37.8 Å². The van der Waals surface area contributed by atoms with Gasteiger partial charge in [0.05, 0.1) is 18.0 Å². The third-order valence-corrected chi connectivity index (χ3v) is 3.65. The number of nitrogens with two attached hydrogens (primary N) is 1. The van der Waals surface area contributed by atoms with E-state index in [1.165, 1.54) is 0 Å². The van der Waals surface area contributed by atoms with Crippen LogP contribution in [0.2, 0.25) is 0 Å². The Balaban J connectivity index is 0.00000243. The van der Waals surface area contributed by atoms with Crippen molar-refractivity contribution in [3.63, 3.8) is 0 Å². The zero-order chi connectivity index (χ0) is 17.6. The molecule has 1 aliphatic heterocycles. The predicted octanol–water partition coefficient (Wildman–Crippen LogP) is 3.09. The van der Waals surface area contributed by atoms with Crippen LogP contribution in [0.15, 0.2) is 36.4 Å². The number of hydrogen-bond acceptors (Lipinski definition) is 6. The number of carbonyl (C=O) groups excluding carboxylic acids is 1. The number of benzene rings is 2. The minimum Gasteiger partial charge on any atom is -0.493 e. The molecule has 8 heteroatoms. The summed E-state index contributed by atoms with van der Waals surface area (Å²) in [5.74, 6) is 1.47. The monoisotopic (exact) mass is 380 g/mol. The molecule has 2 aromatic rings. The second-order valence-electron chi connectivity index (χ2n) is 5.47. The number of fused-ring (bicyclic) bond motifs is 1. The molecule has 3 rings (SSSR count). The molecule has 0 saturated carbocycles. The first-order valence-electron chi connectivity index (χ1n) is 7.89. The predicted molar refractivity (Wildman–Crippen MR) is 101 cm³/mol. The van der Waals surface area contributed by atoms with Crippen LogP contribution in [-0.2, 0) is 4.74 Å². The smallest absolute Gasteiger partial charge is 0.255 e. The quantitative estimate of drug-likeness (QED) is 0.566. The van der Waals surface area contributed by atoms with Gasteiger partial charge in [0.2, 0.25) is 6.79 Å². The van der Waals surface area contributed by atoms with Crippen LogP contribution >= 0.6 is 12.4 Å². The van der Waals surface area contributed by atoms with Gasteiger partial charge in [-0.05, 0) is 18.2 Å². The molecule has 1 heterocycles. The highest BCUT2D eigenvalue weighted by Gasteiger charge is 2.17. The molecule has 2 aromatic carbocycles. The van der Waals surface area contributed by atoms with Gasteiger partial charge in [-0.1, -0.05) is 6.07 Å². The maximum atomic E-state index is 12.5. The number of nitrogens with one attached hydrogen (secondary N) is 1. The Hall–Kier alpha value is -2.64. The average molecular weight is 381 g/mol. The Morgan fingerprint density at radius 2 is 1.96 bits per heavy atom. The van der Waals surface area contributed by atoms with Crippen molar-refractivity contribution < 1.29 is 23.7 Å². The average Bonchev–Trinajstić information content (AvgIpc) is 3.06. The summed E-state index contributed by atoms with van der Waals surface area (Å²) in [6.07, 6.45) is 0.778. The molecule has 7 nitrogen and oxygen atoms in total. The lowest BCUT2D eigenvalue weighted by atomic mass is 10.2. The van der Waals surface area contributed by atoms with Crippen LogP contribution in [0.5, 0.6) is 17.2 Å². The van der Waals surface area contributed by atoms with E-state index in [-0.39, 0.29) is 25.1 Å². The van der Waals surface area contributed by atoms with Crippen molar-refractivity contribution in [1.29, 1.82) is 0 Å². The van der Waals surface area contributed by atoms with Gasteiger partial charge in [0.1, 0.15) is 5.75 Å². The second-order valence-corrected chi connectivity index (χ2v) is 5.47. The summed E-state index contributed by atoms with van der Waals surface area (Å²) in [5.41, 5.74) is 7.31. The lowest BCUT2D eigenvalue weighted by molar-refractivity contribution is 0.102. The first kappa shape index (κ1) is 19.7. The summed E-state index contributed by atoms with van der Waals surface area (Å²) in [4.78, 5) is 12.5. The molecule has 0 spiro atoms. The van der Waals surface area contributed by atoms with E-state index in [1.54, 1.807) is 43.5 Å². The van der Waals surface area contributed by atoms with E-state index < -0.39 is 0 Å². The largest absolute Gasteiger partial charge is 0.493 e. The number of halogens is 1. The van der Waals surface area contributed by atoms with Crippen molar-refractivity contribution in [3.8, 4) is 17.2 Å². The molecule has 0 bridgehead atoms. The number of rotatable bonds is 7. The third kappa shape index (κ3) is 4.71. The van der Waals surface area contributed by atoms with E-state index in [0.29, 0.717) is 47.4 Å². The number of methoxy groups -OCH3 is 1. The fraction of sp³-hybridized carbons (Fsp3) is 0.278. The highest BCUT2D eigenvalue weighted by molar-refractivity contribution is 6.06. The molecule has 0 fully saturated rings. The molecule has 0 radical (unpaired) electrons. The van der Waals surface area contributed by atoms with Gasteiger partial charge in [-0.15, -0.1) is 12.4 Å². The standard InChI is InChI=1S/C18H20N2O5.ClH/c1-22-6-3-7-23-13-5-2-4-12(8-13)18(21)20-15-10-17-16(9-14(15)19)24-11-25-17;/h2,4-5,8-10H,3,6-7,11,19H2,1H3,(H,20,21);1H. The summed E-state index contributed by atoms with van der Waals surface area (Å²) in [6, 6.07) is 10.3. The lowest BCUT2D eigenvalue weighted by Crippen LogP contribution is -2.13. The van der Waals surface area contributed by atoms with Crippen molar-refractivity contribution in [2.24, 2.45) is 0 Å². The molecular weight excluding hydrogens is 360 g/mol. The van der Waals surface area contributed by atoms with E-state index in [0.717, 1.165) is 6.42 Å². The van der Waals surface area contributed by atoms with Gasteiger partial charge in [-0.25, -0.2) is 0 Å². The van der Waals surface area contributed by atoms with E-state index in [9.17, 15) is 4.79 Å². The Morgan fingerprint density at radius 1 is 1.19 bits per heavy atom. The van der Waals surface area contributed by atoms with Crippen molar-refractivity contribution in [3.05, 3.63) is 42.0 Å². The number of amides is 1. The SMILES string of the molecule is COCCCOc1cccc(C(=O)Nc2cc3c(cc2N)OCO3)c1.Cl. The summed E-state index contributed by atoms with van der Waals surface area (Å²) in [6.45, 7) is 1.30. The normalized spacial score (nSPS) is 11.6. The number of nitrogen functional groups attached to an aromatic ring is 1. The first-order chi connectivity index (χ1) is 12.2. The second kappa shape index (κ2) is 9.17. The Kier molecular flexibility index (Phi) is 6.94. The van der Waals surface area contributed by atoms with Gasteiger partial charge in [-0.2, -0.15) is 0 Å². The number of hydrogen-bond donors (Lipinski definition) is 2. The van der Waals surface area contributed by atoms with Crippen molar-refractivity contribution >= 4 is 29.7 Å². The van der Waals surface area contributed by atoms with Crippen LogP contribution in [-0.4, -0.2) is 33.0 Å². The van der Waals surface area contributed by atoms with E-state index in [1.807, 2.05) is 0 Å². The molecule has 26 heavy (non-hydrogen) atoms. The maximum Gasteiger partial charge on any atom is 0.255 e. The Bertz CT molecular complexity index is 769. The summed E-state index contributed by atoms with van der Waals surface area (Å²) >= 11 is 0.